The largest absolute Gasteiger partial charge is 0.388 e. The maximum absolute atomic E-state index is 14.0. The SMILES string of the molecule is C=CCCCO[C@@H]1O[C@H](COCc2ccccc2)[C@@H](O)[C@H](OCc2ccccc2)[C@H]1N1C(=O)c2c(Cl)c(Cl)c(Cl)c(Cl)c2C1=O. The first-order chi connectivity index (χ1) is 21.7. The van der Waals surface area contributed by atoms with Crippen LogP contribution in [0.1, 0.15) is 44.7 Å². The molecule has 45 heavy (non-hydrogen) atoms. The number of aliphatic hydroxyl groups is 1. The van der Waals surface area contributed by atoms with E-state index in [9.17, 15) is 14.7 Å². The van der Waals surface area contributed by atoms with Gasteiger partial charge in [-0.15, -0.1) is 6.58 Å². The first-order valence-electron chi connectivity index (χ1n) is 14.3. The Morgan fingerprint density at radius 1 is 0.822 bits per heavy atom. The Balaban J connectivity index is 1.50. The fourth-order valence-corrected chi connectivity index (χ4v) is 6.36. The molecule has 0 aromatic heterocycles. The van der Waals surface area contributed by atoms with Crippen molar-refractivity contribution >= 4 is 58.2 Å². The molecular formula is C33H31Cl4NO7. The summed E-state index contributed by atoms with van der Waals surface area (Å²) in [7, 11) is 0. The maximum Gasteiger partial charge on any atom is 0.263 e. The highest BCUT2D eigenvalue weighted by Gasteiger charge is 2.55. The number of rotatable bonds is 13. The number of hydrogen-bond donors (Lipinski definition) is 1. The summed E-state index contributed by atoms with van der Waals surface area (Å²) in [6, 6.07) is 17.6. The van der Waals surface area contributed by atoms with Gasteiger partial charge in [-0.05, 0) is 24.0 Å². The molecule has 0 saturated carbocycles. The second kappa shape index (κ2) is 15.4. The third kappa shape index (κ3) is 7.25. The molecule has 2 amide bonds. The number of carbonyl (C=O) groups is 2. The van der Waals surface area contributed by atoms with Crippen LogP contribution < -0.4 is 0 Å². The molecule has 0 spiro atoms. The molecule has 12 heteroatoms. The third-order valence-corrected chi connectivity index (χ3v) is 9.39. The van der Waals surface area contributed by atoms with Crippen molar-refractivity contribution in [2.75, 3.05) is 13.2 Å². The van der Waals surface area contributed by atoms with E-state index in [1.165, 1.54) is 0 Å². The number of nitrogens with zero attached hydrogens (tertiary/aromatic N) is 1. The molecule has 1 N–H and O–H groups in total. The van der Waals surface area contributed by atoms with Gasteiger partial charge in [-0.1, -0.05) is 113 Å². The molecule has 238 valence electrons. The first-order valence-corrected chi connectivity index (χ1v) is 15.8. The lowest BCUT2D eigenvalue weighted by atomic mass is 9.95. The van der Waals surface area contributed by atoms with E-state index in [0.29, 0.717) is 12.8 Å². The second-order valence-electron chi connectivity index (χ2n) is 10.6. The maximum atomic E-state index is 14.0. The number of amides is 2. The van der Waals surface area contributed by atoms with Crippen molar-refractivity contribution in [1.82, 2.24) is 4.90 Å². The number of aliphatic hydroxyl groups excluding tert-OH is 1. The zero-order chi connectivity index (χ0) is 32.1. The fraction of sp³-hybridized carbons (Fsp3) is 0.333. The minimum atomic E-state index is -1.34. The van der Waals surface area contributed by atoms with Crippen molar-refractivity contribution in [3.63, 3.8) is 0 Å². The lowest BCUT2D eigenvalue weighted by Crippen LogP contribution is -2.66. The molecule has 2 aliphatic rings. The van der Waals surface area contributed by atoms with Gasteiger partial charge in [-0.25, -0.2) is 0 Å². The van der Waals surface area contributed by atoms with Gasteiger partial charge in [0.2, 0.25) is 0 Å². The minimum Gasteiger partial charge on any atom is -0.388 e. The third-order valence-electron chi connectivity index (χ3n) is 7.59. The van der Waals surface area contributed by atoms with Gasteiger partial charge in [0.05, 0.1) is 57.6 Å². The predicted molar refractivity (Wildman–Crippen MR) is 172 cm³/mol. The number of benzene rings is 3. The molecule has 5 rings (SSSR count). The van der Waals surface area contributed by atoms with Crippen LogP contribution in [-0.2, 0) is 32.2 Å². The van der Waals surface area contributed by atoms with Crippen LogP contribution in [0.25, 0.3) is 0 Å². The number of unbranched alkanes of at least 4 members (excludes halogenated alkanes) is 1. The molecule has 0 unspecified atom stereocenters. The van der Waals surface area contributed by atoms with Crippen LogP contribution in [0.4, 0.5) is 0 Å². The van der Waals surface area contributed by atoms with Crippen LogP contribution in [0.2, 0.25) is 20.1 Å². The Morgan fingerprint density at radius 3 is 1.93 bits per heavy atom. The standard InChI is InChI=1S/C33H31Cl4NO7/c1-2-3-10-15-43-33-28(38-31(40)22-23(32(38)41)25(35)27(37)26(36)24(22)34)30(44-17-20-13-8-5-9-14-20)29(39)21(45-33)18-42-16-19-11-6-4-7-12-19/h2,4-9,11-14,21,28-30,33,39H,1,3,10,15-18H2/t21-,28-,29-,30-,33-/m1/s1. The van der Waals surface area contributed by atoms with E-state index < -0.39 is 42.5 Å². The summed E-state index contributed by atoms with van der Waals surface area (Å²) in [4.78, 5) is 28.9. The molecule has 0 radical (unpaired) electrons. The van der Waals surface area contributed by atoms with Gasteiger partial charge in [0.1, 0.15) is 24.4 Å². The lowest BCUT2D eigenvalue weighted by Gasteiger charge is -2.46. The van der Waals surface area contributed by atoms with Gasteiger partial charge >= 0.3 is 0 Å². The average molecular weight is 695 g/mol. The quantitative estimate of drug-likeness (QED) is 0.0669. The van der Waals surface area contributed by atoms with E-state index in [-0.39, 0.29) is 57.6 Å². The molecule has 3 aromatic carbocycles. The van der Waals surface area contributed by atoms with Gasteiger partial charge < -0.3 is 24.1 Å². The number of imide groups is 1. The number of ether oxygens (including phenoxy) is 4. The van der Waals surface area contributed by atoms with Gasteiger partial charge in [0.15, 0.2) is 6.29 Å². The molecule has 2 aliphatic heterocycles. The van der Waals surface area contributed by atoms with Gasteiger partial charge in [0.25, 0.3) is 11.8 Å². The summed E-state index contributed by atoms with van der Waals surface area (Å²) >= 11 is 25.4. The number of allylic oxidation sites excluding steroid dienone is 1. The summed E-state index contributed by atoms with van der Waals surface area (Å²) in [6.45, 7) is 4.25. The molecule has 5 atom stereocenters. The Kier molecular flexibility index (Phi) is 11.6. The zero-order valence-corrected chi connectivity index (χ0v) is 27.1. The summed E-state index contributed by atoms with van der Waals surface area (Å²) in [5, 5.41) is 11.0. The number of hydrogen-bond acceptors (Lipinski definition) is 7. The fourth-order valence-electron chi connectivity index (χ4n) is 5.34. The summed E-state index contributed by atoms with van der Waals surface area (Å²) < 4.78 is 24.7. The smallest absolute Gasteiger partial charge is 0.263 e. The molecule has 2 heterocycles. The molecule has 8 nitrogen and oxygen atoms in total. The number of carbonyl (C=O) groups excluding carboxylic acids is 2. The van der Waals surface area contributed by atoms with E-state index in [4.69, 9.17) is 65.4 Å². The van der Waals surface area contributed by atoms with E-state index in [1.807, 2.05) is 60.7 Å². The number of halogens is 4. The minimum absolute atomic E-state index is 0.0223. The Bertz CT molecular complexity index is 1480. The van der Waals surface area contributed by atoms with E-state index in [2.05, 4.69) is 6.58 Å². The van der Waals surface area contributed by atoms with E-state index in [1.54, 1.807) is 6.08 Å². The van der Waals surface area contributed by atoms with Crippen molar-refractivity contribution < 1.29 is 33.6 Å². The van der Waals surface area contributed by atoms with E-state index in [0.717, 1.165) is 16.0 Å². The van der Waals surface area contributed by atoms with Gasteiger partial charge in [0, 0.05) is 0 Å². The molecule has 1 fully saturated rings. The van der Waals surface area contributed by atoms with Crippen LogP contribution in [0.15, 0.2) is 73.3 Å². The lowest BCUT2D eigenvalue weighted by molar-refractivity contribution is -0.290. The van der Waals surface area contributed by atoms with Crippen LogP contribution in [0, 0.1) is 0 Å². The van der Waals surface area contributed by atoms with Crippen LogP contribution in [0.5, 0.6) is 0 Å². The molecule has 0 bridgehead atoms. The first kappa shape index (κ1) is 33.9. The Labute approximate surface area is 281 Å². The number of fused-ring (bicyclic) bond motifs is 1. The topological polar surface area (TPSA) is 94.5 Å². The summed E-state index contributed by atoms with van der Waals surface area (Å²) in [5.41, 5.74) is 1.35. The van der Waals surface area contributed by atoms with Crippen molar-refractivity contribution in [2.24, 2.45) is 0 Å². The molecule has 0 aliphatic carbocycles. The summed E-state index contributed by atoms with van der Waals surface area (Å²) in [5.74, 6) is -1.60. The van der Waals surface area contributed by atoms with Crippen LogP contribution in [-0.4, -0.2) is 65.7 Å². The molecule has 3 aromatic rings. The van der Waals surface area contributed by atoms with Crippen molar-refractivity contribution in [2.45, 2.75) is 56.7 Å². The van der Waals surface area contributed by atoms with Crippen LogP contribution >= 0.6 is 46.4 Å². The van der Waals surface area contributed by atoms with E-state index >= 15 is 0 Å². The van der Waals surface area contributed by atoms with Crippen molar-refractivity contribution in [1.29, 1.82) is 0 Å². The predicted octanol–water partition coefficient (Wildman–Crippen LogP) is 7.14. The highest BCUT2D eigenvalue weighted by atomic mass is 35.5. The van der Waals surface area contributed by atoms with Crippen LogP contribution in [0.3, 0.4) is 0 Å². The van der Waals surface area contributed by atoms with Gasteiger partial charge in [-0.3, -0.25) is 14.5 Å². The Morgan fingerprint density at radius 2 is 1.38 bits per heavy atom. The summed E-state index contributed by atoms with van der Waals surface area (Å²) in [6.07, 6.45) is -1.65. The monoisotopic (exact) mass is 693 g/mol. The second-order valence-corrected chi connectivity index (χ2v) is 12.1. The zero-order valence-electron chi connectivity index (χ0n) is 24.0. The van der Waals surface area contributed by atoms with Crippen molar-refractivity contribution in [3.8, 4) is 0 Å². The van der Waals surface area contributed by atoms with Gasteiger partial charge in [-0.2, -0.15) is 0 Å². The normalized spacial score (nSPS) is 23.0. The highest BCUT2D eigenvalue weighted by molar-refractivity contribution is 6.55. The average Bonchev–Trinajstić information content (AvgIpc) is 3.31. The molecule has 1 saturated heterocycles. The Hall–Kier alpha value is -2.50. The highest BCUT2D eigenvalue weighted by Crippen LogP contribution is 2.46. The molecular weight excluding hydrogens is 664 g/mol. The van der Waals surface area contributed by atoms with Crippen molar-refractivity contribution in [3.05, 3.63) is 116 Å².